The maximum absolute atomic E-state index is 11.7. The molecule has 0 fully saturated rings. The van der Waals surface area contributed by atoms with Crippen LogP contribution in [0.2, 0.25) is 18.1 Å². The Hall–Kier alpha value is -1.55. The van der Waals surface area contributed by atoms with Crippen molar-refractivity contribution < 1.29 is 14.0 Å². The van der Waals surface area contributed by atoms with Crippen molar-refractivity contribution in [3.05, 3.63) is 35.4 Å². The van der Waals surface area contributed by atoms with Crippen molar-refractivity contribution in [3.63, 3.8) is 0 Å². The summed E-state index contributed by atoms with van der Waals surface area (Å²) in [5.41, 5.74) is 3.75. The van der Waals surface area contributed by atoms with Gasteiger partial charge in [-0.25, -0.2) is 0 Å². The van der Waals surface area contributed by atoms with Crippen molar-refractivity contribution in [2.45, 2.75) is 64.6 Å². The predicted octanol–water partition coefficient (Wildman–Crippen LogP) is 5.52. The monoisotopic (exact) mass is 346 g/mol. The standard InChI is InChI=1S/C20H30O3Si/c1-8-14-11-15(12-19(21)22-5)17-10-9-16(13-18(14)17)23-24(6,7)20(2,3)4/h8-10,13,15H,11-12H2,1-7H3. The minimum Gasteiger partial charge on any atom is -0.543 e. The molecule has 0 radical (unpaired) electrons. The number of carbonyl (C=O) groups is 1. The van der Waals surface area contributed by atoms with Crippen LogP contribution in [0.4, 0.5) is 0 Å². The van der Waals surface area contributed by atoms with Gasteiger partial charge in [-0.2, -0.15) is 0 Å². The number of carbonyl (C=O) groups excluding carboxylic acids is 1. The molecular formula is C20H30O3Si. The lowest BCUT2D eigenvalue weighted by Gasteiger charge is -2.36. The predicted molar refractivity (Wildman–Crippen MR) is 102 cm³/mol. The fraction of sp³-hybridized carbons (Fsp3) is 0.550. The first-order valence-electron chi connectivity index (χ1n) is 8.64. The number of rotatable bonds is 4. The van der Waals surface area contributed by atoms with Crippen molar-refractivity contribution in [2.24, 2.45) is 0 Å². The van der Waals surface area contributed by atoms with Gasteiger partial charge in [-0.15, -0.1) is 0 Å². The van der Waals surface area contributed by atoms with Gasteiger partial charge in [-0.05, 0) is 66.2 Å². The molecule has 1 aliphatic rings. The van der Waals surface area contributed by atoms with Gasteiger partial charge in [0, 0.05) is 0 Å². The molecule has 1 atom stereocenters. The molecule has 1 aromatic carbocycles. The van der Waals surface area contributed by atoms with E-state index in [-0.39, 0.29) is 16.9 Å². The second-order valence-corrected chi connectivity index (χ2v) is 12.8. The van der Waals surface area contributed by atoms with Gasteiger partial charge < -0.3 is 9.16 Å². The molecule has 0 aromatic heterocycles. The van der Waals surface area contributed by atoms with E-state index in [4.69, 9.17) is 9.16 Å². The number of benzene rings is 1. The zero-order valence-corrected chi connectivity index (χ0v) is 17.0. The van der Waals surface area contributed by atoms with Crippen molar-refractivity contribution in [1.82, 2.24) is 0 Å². The van der Waals surface area contributed by atoms with E-state index in [1.165, 1.54) is 23.8 Å². The molecule has 2 rings (SSSR count). The number of hydrogen-bond acceptors (Lipinski definition) is 3. The van der Waals surface area contributed by atoms with Gasteiger partial charge in [-0.1, -0.05) is 32.9 Å². The van der Waals surface area contributed by atoms with Crippen LogP contribution >= 0.6 is 0 Å². The fourth-order valence-electron chi connectivity index (χ4n) is 2.91. The third-order valence-corrected chi connectivity index (χ3v) is 9.80. The van der Waals surface area contributed by atoms with E-state index in [0.29, 0.717) is 6.42 Å². The lowest BCUT2D eigenvalue weighted by atomic mass is 9.98. The summed E-state index contributed by atoms with van der Waals surface area (Å²) in [6.07, 6.45) is 3.47. The molecule has 4 heteroatoms. The zero-order chi connectivity index (χ0) is 18.1. The molecule has 1 aliphatic carbocycles. The van der Waals surface area contributed by atoms with Crippen LogP contribution in [-0.4, -0.2) is 21.4 Å². The molecule has 0 amide bonds. The maximum Gasteiger partial charge on any atom is 0.306 e. The van der Waals surface area contributed by atoms with Crippen molar-refractivity contribution in [1.29, 1.82) is 0 Å². The highest BCUT2D eigenvalue weighted by molar-refractivity contribution is 6.74. The third kappa shape index (κ3) is 3.74. The van der Waals surface area contributed by atoms with Gasteiger partial charge in [0.05, 0.1) is 13.5 Å². The Morgan fingerprint density at radius 3 is 2.54 bits per heavy atom. The van der Waals surface area contributed by atoms with Crippen LogP contribution in [-0.2, 0) is 9.53 Å². The van der Waals surface area contributed by atoms with Crippen LogP contribution in [0.15, 0.2) is 24.3 Å². The van der Waals surface area contributed by atoms with Gasteiger partial charge in [0.1, 0.15) is 5.75 Å². The van der Waals surface area contributed by atoms with Crippen LogP contribution in [0.3, 0.4) is 0 Å². The quantitative estimate of drug-likeness (QED) is 0.531. The third-order valence-electron chi connectivity index (χ3n) is 5.45. The Morgan fingerprint density at radius 2 is 2.00 bits per heavy atom. The first-order chi connectivity index (χ1) is 11.1. The van der Waals surface area contributed by atoms with Crippen LogP contribution in [0.5, 0.6) is 5.75 Å². The zero-order valence-electron chi connectivity index (χ0n) is 16.0. The smallest absolute Gasteiger partial charge is 0.306 e. The topological polar surface area (TPSA) is 35.5 Å². The van der Waals surface area contributed by atoms with Crippen LogP contribution in [0.25, 0.3) is 5.57 Å². The van der Waals surface area contributed by atoms with Crippen molar-refractivity contribution >= 4 is 19.9 Å². The van der Waals surface area contributed by atoms with E-state index in [0.717, 1.165) is 12.2 Å². The highest BCUT2D eigenvalue weighted by atomic mass is 28.4. The van der Waals surface area contributed by atoms with Crippen molar-refractivity contribution in [2.75, 3.05) is 7.11 Å². The molecule has 3 nitrogen and oxygen atoms in total. The van der Waals surface area contributed by atoms with Gasteiger partial charge in [-0.3, -0.25) is 4.79 Å². The summed E-state index contributed by atoms with van der Waals surface area (Å²) in [5.74, 6) is 1.00. The Bertz CT molecular complexity index is 653. The molecule has 0 bridgehead atoms. The molecule has 0 saturated carbocycles. The molecule has 0 saturated heterocycles. The molecule has 1 aromatic rings. The van der Waals surface area contributed by atoms with E-state index < -0.39 is 8.32 Å². The average Bonchev–Trinajstić information content (AvgIpc) is 2.82. The molecule has 132 valence electrons. The van der Waals surface area contributed by atoms with E-state index in [9.17, 15) is 4.79 Å². The summed E-state index contributed by atoms with van der Waals surface area (Å²) < 4.78 is 11.3. The number of ether oxygens (including phenoxy) is 1. The van der Waals surface area contributed by atoms with Crippen molar-refractivity contribution in [3.8, 4) is 5.75 Å². The molecule has 0 N–H and O–H groups in total. The molecule has 0 heterocycles. The average molecular weight is 347 g/mol. The molecule has 0 aliphatic heterocycles. The van der Waals surface area contributed by atoms with E-state index in [1.54, 1.807) is 0 Å². The van der Waals surface area contributed by atoms with Gasteiger partial charge in [0.25, 0.3) is 0 Å². The second kappa shape index (κ2) is 6.75. The normalized spacial score (nSPS) is 19.3. The first-order valence-corrected chi connectivity index (χ1v) is 11.5. The fourth-order valence-corrected chi connectivity index (χ4v) is 3.93. The lowest BCUT2D eigenvalue weighted by molar-refractivity contribution is -0.141. The lowest BCUT2D eigenvalue weighted by Crippen LogP contribution is -2.43. The summed E-state index contributed by atoms with van der Waals surface area (Å²) in [7, 11) is -0.404. The maximum atomic E-state index is 11.7. The largest absolute Gasteiger partial charge is 0.543 e. The Balaban J connectivity index is 2.31. The van der Waals surface area contributed by atoms with Gasteiger partial charge >= 0.3 is 5.97 Å². The highest BCUT2D eigenvalue weighted by Crippen LogP contribution is 2.45. The summed E-state index contributed by atoms with van der Waals surface area (Å²) in [4.78, 5) is 11.7. The molecule has 24 heavy (non-hydrogen) atoms. The summed E-state index contributed by atoms with van der Waals surface area (Å²) >= 11 is 0. The summed E-state index contributed by atoms with van der Waals surface area (Å²) in [6, 6.07) is 6.34. The number of methoxy groups -OCH3 is 1. The van der Waals surface area contributed by atoms with Crippen LogP contribution in [0, 0.1) is 0 Å². The Kier molecular flexibility index (Phi) is 5.28. The summed E-state index contributed by atoms with van der Waals surface area (Å²) in [5, 5.41) is 0.170. The minimum absolute atomic E-state index is 0.148. The van der Waals surface area contributed by atoms with E-state index in [2.05, 4.69) is 65.1 Å². The Morgan fingerprint density at radius 1 is 1.33 bits per heavy atom. The summed E-state index contributed by atoms with van der Waals surface area (Å²) in [6.45, 7) is 13.3. The van der Waals surface area contributed by atoms with Gasteiger partial charge in [0.15, 0.2) is 0 Å². The number of fused-ring (bicyclic) bond motifs is 1. The number of esters is 1. The SMILES string of the molecule is CC=C1CC(CC(=O)OC)c2ccc(O[Si](C)(C)C(C)(C)C)cc21. The molecule has 1 unspecified atom stereocenters. The number of hydrogen-bond donors (Lipinski definition) is 0. The van der Waals surface area contributed by atoms with Crippen LogP contribution in [0.1, 0.15) is 57.6 Å². The Labute approximate surface area is 147 Å². The highest BCUT2D eigenvalue weighted by Gasteiger charge is 2.39. The van der Waals surface area contributed by atoms with Gasteiger partial charge in [0.2, 0.25) is 8.32 Å². The first kappa shape index (κ1) is 18.8. The molecular weight excluding hydrogens is 316 g/mol. The molecule has 0 spiro atoms. The number of allylic oxidation sites excluding steroid dienone is 2. The second-order valence-electron chi connectivity index (χ2n) is 8.11. The minimum atomic E-state index is -1.85. The van der Waals surface area contributed by atoms with E-state index >= 15 is 0 Å². The van der Waals surface area contributed by atoms with E-state index in [1.807, 2.05) is 0 Å². The van der Waals surface area contributed by atoms with Crippen LogP contribution < -0.4 is 4.43 Å².